The highest BCUT2D eigenvalue weighted by Crippen LogP contribution is 2.50. The number of tetrazole rings is 1. The van der Waals surface area contributed by atoms with Gasteiger partial charge >= 0.3 is 0 Å². The minimum Gasteiger partial charge on any atom is -0.385 e. The van der Waals surface area contributed by atoms with E-state index in [-0.39, 0.29) is 0 Å². The molecule has 1 fully saturated rings. The molecule has 1 aliphatic carbocycles. The van der Waals surface area contributed by atoms with Gasteiger partial charge in [-0.05, 0) is 35.1 Å². The first-order valence-electron chi connectivity index (χ1n) is 4.76. The second-order valence-electron chi connectivity index (χ2n) is 3.94. The highest BCUT2D eigenvalue weighted by Gasteiger charge is 2.43. The van der Waals surface area contributed by atoms with E-state index >= 15 is 0 Å². The first-order valence-corrected chi connectivity index (χ1v) is 4.76. The molecule has 0 amide bonds. The van der Waals surface area contributed by atoms with Gasteiger partial charge in [0.05, 0.1) is 6.54 Å². The number of anilines is 1. The van der Waals surface area contributed by atoms with Crippen molar-refractivity contribution in [3.63, 3.8) is 0 Å². The van der Waals surface area contributed by atoms with Crippen molar-refractivity contribution in [2.75, 3.05) is 19.5 Å². The van der Waals surface area contributed by atoms with E-state index in [0.29, 0.717) is 11.4 Å². The van der Waals surface area contributed by atoms with Crippen molar-refractivity contribution in [3.8, 4) is 0 Å². The highest BCUT2D eigenvalue weighted by molar-refractivity contribution is 5.11. The predicted octanol–water partition coefficient (Wildman–Crippen LogP) is 0.0720. The summed E-state index contributed by atoms with van der Waals surface area (Å²) in [5, 5.41) is 11.0. The summed E-state index contributed by atoms with van der Waals surface area (Å²) in [6, 6.07) is 0. The van der Waals surface area contributed by atoms with Gasteiger partial charge in [0, 0.05) is 13.7 Å². The maximum Gasteiger partial charge on any atom is 0.240 e. The summed E-state index contributed by atoms with van der Waals surface area (Å²) < 4.78 is 6.74. The van der Waals surface area contributed by atoms with Crippen LogP contribution in [0.1, 0.15) is 19.3 Å². The van der Waals surface area contributed by atoms with Crippen LogP contribution in [0, 0.1) is 5.41 Å². The molecule has 2 rings (SSSR count). The molecule has 14 heavy (non-hydrogen) atoms. The van der Waals surface area contributed by atoms with Crippen LogP contribution in [-0.2, 0) is 11.3 Å². The molecule has 78 valence electrons. The number of nitrogens with two attached hydrogens (primary N) is 1. The minimum absolute atomic E-state index is 0.333. The van der Waals surface area contributed by atoms with Crippen LogP contribution in [0.15, 0.2) is 0 Å². The molecular formula is C8H15N5O. The molecule has 1 aromatic rings. The summed E-state index contributed by atoms with van der Waals surface area (Å²) in [7, 11) is 1.72. The molecule has 1 aliphatic rings. The lowest BCUT2D eigenvalue weighted by Crippen LogP contribution is -2.16. The molecule has 0 radical (unpaired) electrons. The van der Waals surface area contributed by atoms with Gasteiger partial charge in [0.1, 0.15) is 0 Å². The van der Waals surface area contributed by atoms with E-state index in [4.69, 9.17) is 10.5 Å². The zero-order valence-electron chi connectivity index (χ0n) is 8.31. The van der Waals surface area contributed by atoms with E-state index in [9.17, 15) is 0 Å². The second kappa shape index (κ2) is 3.53. The molecule has 1 heterocycles. The van der Waals surface area contributed by atoms with Crippen molar-refractivity contribution in [3.05, 3.63) is 0 Å². The van der Waals surface area contributed by atoms with Gasteiger partial charge in [-0.3, -0.25) is 0 Å². The monoisotopic (exact) mass is 197 g/mol. The Morgan fingerprint density at radius 1 is 1.57 bits per heavy atom. The second-order valence-corrected chi connectivity index (χ2v) is 3.94. The van der Waals surface area contributed by atoms with Crippen molar-refractivity contribution in [1.29, 1.82) is 0 Å². The number of hydrogen-bond acceptors (Lipinski definition) is 5. The van der Waals surface area contributed by atoms with Crippen molar-refractivity contribution in [1.82, 2.24) is 20.2 Å². The molecule has 0 saturated heterocycles. The fraction of sp³-hybridized carbons (Fsp3) is 0.875. The van der Waals surface area contributed by atoms with E-state index in [1.54, 1.807) is 11.8 Å². The average Bonchev–Trinajstić information content (AvgIpc) is 2.83. The van der Waals surface area contributed by atoms with Gasteiger partial charge in [0.15, 0.2) is 0 Å². The summed E-state index contributed by atoms with van der Waals surface area (Å²) in [6.45, 7) is 1.61. The number of aromatic nitrogens is 4. The minimum atomic E-state index is 0.333. The van der Waals surface area contributed by atoms with Crippen molar-refractivity contribution in [2.45, 2.75) is 25.8 Å². The largest absolute Gasteiger partial charge is 0.385 e. The van der Waals surface area contributed by atoms with Crippen LogP contribution in [0.25, 0.3) is 0 Å². The zero-order chi connectivity index (χ0) is 10.0. The Morgan fingerprint density at radius 2 is 2.36 bits per heavy atom. The number of methoxy groups -OCH3 is 1. The molecule has 0 aliphatic heterocycles. The summed E-state index contributed by atoms with van der Waals surface area (Å²) in [5.41, 5.74) is 5.93. The van der Waals surface area contributed by atoms with Gasteiger partial charge < -0.3 is 10.5 Å². The lowest BCUT2D eigenvalue weighted by molar-refractivity contribution is 0.165. The number of ether oxygens (including phenoxy) is 1. The summed E-state index contributed by atoms with van der Waals surface area (Å²) in [5.74, 6) is 0.397. The Balaban J connectivity index is 1.94. The van der Waals surface area contributed by atoms with Crippen LogP contribution in [0.5, 0.6) is 0 Å². The average molecular weight is 197 g/mol. The van der Waals surface area contributed by atoms with Crippen LogP contribution >= 0.6 is 0 Å². The SMILES string of the molecule is COCCC1(Cn2nnnc2N)CC1. The molecule has 6 heteroatoms. The molecule has 0 spiro atoms. The molecule has 0 atom stereocenters. The van der Waals surface area contributed by atoms with Crippen molar-refractivity contribution < 1.29 is 4.74 Å². The number of rotatable bonds is 5. The summed E-state index contributed by atoms with van der Waals surface area (Å²) >= 11 is 0. The standard InChI is InChI=1S/C8H15N5O/c1-14-5-4-8(2-3-8)6-13-7(9)10-11-12-13/h2-6H2,1H3,(H2,9,10,12). The Morgan fingerprint density at radius 3 is 2.86 bits per heavy atom. The molecule has 2 N–H and O–H groups in total. The van der Waals surface area contributed by atoms with Gasteiger partial charge in [0.25, 0.3) is 0 Å². The maximum atomic E-state index is 5.60. The smallest absolute Gasteiger partial charge is 0.240 e. The third-order valence-electron chi connectivity index (χ3n) is 2.84. The van der Waals surface area contributed by atoms with Crippen LogP contribution in [-0.4, -0.2) is 33.9 Å². The van der Waals surface area contributed by atoms with Gasteiger partial charge in [-0.1, -0.05) is 5.10 Å². The van der Waals surface area contributed by atoms with Gasteiger partial charge in [-0.25, -0.2) is 4.68 Å². The van der Waals surface area contributed by atoms with Crippen LogP contribution in [0.2, 0.25) is 0 Å². The topological polar surface area (TPSA) is 78.8 Å². The molecular weight excluding hydrogens is 182 g/mol. The number of hydrogen-bond donors (Lipinski definition) is 1. The Bertz CT molecular complexity index is 306. The van der Waals surface area contributed by atoms with E-state index in [0.717, 1.165) is 19.6 Å². The quantitative estimate of drug-likeness (QED) is 0.722. The maximum absolute atomic E-state index is 5.60. The molecule has 0 unspecified atom stereocenters. The van der Waals surface area contributed by atoms with E-state index < -0.39 is 0 Å². The van der Waals surface area contributed by atoms with Crippen LogP contribution < -0.4 is 5.73 Å². The predicted molar refractivity (Wildman–Crippen MR) is 50.4 cm³/mol. The fourth-order valence-corrected chi connectivity index (χ4v) is 1.62. The van der Waals surface area contributed by atoms with Crippen LogP contribution in [0.4, 0.5) is 5.95 Å². The molecule has 1 aromatic heterocycles. The molecule has 1 saturated carbocycles. The summed E-state index contributed by atoms with van der Waals surface area (Å²) in [4.78, 5) is 0. The fourth-order valence-electron chi connectivity index (χ4n) is 1.62. The van der Waals surface area contributed by atoms with E-state index in [1.807, 2.05) is 0 Å². The van der Waals surface area contributed by atoms with E-state index in [1.165, 1.54) is 12.8 Å². The normalized spacial score (nSPS) is 18.4. The third-order valence-corrected chi connectivity index (χ3v) is 2.84. The first-order chi connectivity index (χ1) is 6.76. The van der Waals surface area contributed by atoms with Crippen LogP contribution in [0.3, 0.4) is 0 Å². The van der Waals surface area contributed by atoms with Gasteiger partial charge in [-0.15, -0.1) is 0 Å². The van der Waals surface area contributed by atoms with Crippen molar-refractivity contribution >= 4 is 5.95 Å². The lowest BCUT2D eigenvalue weighted by atomic mass is 10.0. The van der Waals surface area contributed by atoms with Crippen molar-refractivity contribution in [2.24, 2.45) is 5.41 Å². The van der Waals surface area contributed by atoms with E-state index in [2.05, 4.69) is 15.5 Å². The Kier molecular flexibility index (Phi) is 2.37. The van der Waals surface area contributed by atoms with Gasteiger partial charge in [-0.2, -0.15) is 0 Å². The van der Waals surface area contributed by atoms with Gasteiger partial charge in [0.2, 0.25) is 5.95 Å². The zero-order valence-corrected chi connectivity index (χ0v) is 8.31. The Hall–Kier alpha value is -1.17. The third kappa shape index (κ3) is 1.84. The Labute approximate surface area is 82.4 Å². The molecule has 6 nitrogen and oxygen atoms in total. The molecule has 0 bridgehead atoms. The number of nitrogen functional groups attached to an aromatic ring is 1. The molecule has 0 aromatic carbocycles. The highest BCUT2D eigenvalue weighted by atomic mass is 16.5. The number of nitrogens with zero attached hydrogens (tertiary/aromatic N) is 4. The summed E-state index contributed by atoms with van der Waals surface area (Å²) in [6.07, 6.45) is 3.49. The lowest BCUT2D eigenvalue weighted by Gasteiger charge is -2.13. The first kappa shape index (κ1) is 9.39.